The highest BCUT2D eigenvalue weighted by molar-refractivity contribution is 6.03. The van der Waals surface area contributed by atoms with Crippen LogP contribution in [-0.4, -0.2) is 31.4 Å². The van der Waals surface area contributed by atoms with Gasteiger partial charge < -0.3 is 9.88 Å². The Labute approximate surface area is 187 Å². The van der Waals surface area contributed by atoms with E-state index < -0.39 is 12.7 Å². The Morgan fingerprint density at radius 2 is 2.03 bits per heavy atom. The molecule has 4 aromatic rings. The van der Waals surface area contributed by atoms with Gasteiger partial charge in [-0.05, 0) is 54.8 Å². The molecule has 3 heterocycles. The Morgan fingerprint density at radius 1 is 1.18 bits per heavy atom. The molecule has 3 aromatic heterocycles. The first-order valence-electron chi connectivity index (χ1n) is 10.5. The lowest BCUT2D eigenvalue weighted by atomic mass is 10.0. The molecule has 1 aromatic carbocycles. The molecule has 0 radical (unpaired) electrons. The second-order valence-corrected chi connectivity index (χ2v) is 8.06. The molecule has 1 N–H and O–H groups in total. The Bertz CT molecular complexity index is 1350. The van der Waals surface area contributed by atoms with Crippen LogP contribution in [0.3, 0.4) is 0 Å². The number of nitrogens with zero attached hydrogens (tertiary/aromatic N) is 4. The third-order valence-corrected chi connectivity index (χ3v) is 5.49. The van der Waals surface area contributed by atoms with Crippen LogP contribution in [0.5, 0.6) is 0 Å². The number of nitrogens with one attached hydrogen (secondary N) is 1. The number of anilines is 1. The number of rotatable bonds is 6. The van der Waals surface area contributed by atoms with Crippen LogP contribution in [-0.2, 0) is 11.3 Å². The Kier molecular flexibility index (Phi) is 5.24. The van der Waals surface area contributed by atoms with Gasteiger partial charge in [0.05, 0.1) is 12.2 Å². The number of alkyl halides is 3. The molecule has 0 unspecified atom stereocenters. The fourth-order valence-electron chi connectivity index (χ4n) is 3.78. The summed E-state index contributed by atoms with van der Waals surface area (Å²) < 4.78 is 41.2. The Morgan fingerprint density at radius 3 is 2.82 bits per heavy atom. The van der Waals surface area contributed by atoms with Gasteiger partial charge in [0.15, 0.2) is 0 Å². The highest BCUT2D eigenvalue weighted by Gasteiger charge is 2.28. The van der Waals surface area contributed by atoms with Crippen molar-refractivity contribution >= 4 is 28.6 Å². The fraction of sp³-hybridized carbons (Fsp3) is 0.208. The van der Waals surface area contributed by atoms with E-state index in [-0.39, 0.29) is 5.91 Å². The summed E-state index contributed by atoms with van der Waals surface area (Å²) in [6, 6.07) is 8.75. The minimum Gasteiger partial charge on any atom is -0.338 e. The van der Waals surface area contributed by atoms with E-state index in [2.05, 4.69) is 15.4 Å². The number of halogens is 3. The molecule has 33 heavy (non-hydrogen) atoms. The quantitative estimate of drug-likeness (QED) is 0.397. The maximum atomic E-state index is 12.7. The minimum absolute atomic E-state index is 0.354. The molecule has 5 rings (SSSR count). The lowest BCUT2D eigenvalue weighted by Crippen LogP contribution is -2.16. The molecule has 1 aliphatic rings. The van der Waals surface area contributed by atoms with Gasteiger partial charge in [0.25, 0.3) is 0 Å². The van der Waals surface area contributed by atoms with Crippen molar-refractivity contribution in [1.29, 1.82) is 0 Å². The summed E-state index contributed by atoms with van der Waals surface area (Å²) in [6.07, 6.45) is 9.66. The van der Waals surface area contributed by atoms with Crippen molar-refractivity contribution in [2.45, 2.75) is 31.6 Å². The van der Waals surface area contributed by atoms with Crippen molar-refractivity contribution in [2.75, 3.05) is 5.32 Å². The Balaban J connectivity index is 1.30. The largest absolute Gasteiger partial charge is 0.406 e. The van der Waals surface area contributed by atoms with Crippen LogP contribution >= 0.6 is 0 Å². The molecule has 1 saturated carbocycles. The summed E-state index contributed by atoms with van der Waals surface area (Å²) in [5, 5.41) is 7.79. The standard InChI is InChI=1S/C24H20F3N5O/c25-24(26,27)15-31-10-8-16-11-19(2-5-22(16)31)30-23(33)6-1-17-12-28-9-7-21(17)18-13-29-32(14-18)20-3-4-20/h1-2,5-14,20H,3-4,15H2,(H,30,33). The molecule has 0 saturated heterocycles. The maximum Gasteiger partial charge on any atom is 0.406 e. The van der Waals surface area contributed by atoms with Crippen LogP contribution in [0.25, 0.3) is 28.1 Å². The number of aromatic nitrogens is 4. The van der Waals surface area contributed by atoms with Crippen molar-refractivity contribution in [3.8, 4) is 11.1 Å². The lowest BCUT2D eigenvalue weighted by Gasteiger charge is -2.09. The molecule has 1 aliphatic carbocycles. The first kappa shape index (κ1) is 21.0. The predicted molar refractivity (Wildman–Crippen MR) is 119 cm³/mol. The van der Waals surface area contributed by atoms with Crippen molar-refractivity contribution in [3.63, 3.8) is 0 Å². The molecule has 1 fully saturated rings. The fourth-order valence-corrected chi connectivity index (χ4v) is 3.78. The minimum atomic E-state index is -4.30. The first-order chi connectivity index (χ1) is 15.9. The van der Waals surface area contributed by atoms with Gasteiger partial charge in [0.1, 0.15) is 6.54 Å². The summed E-state index contributed by atoms with van der Waals surface area (Å²) in [5.41, 5.74) is 3.61. The van der Waals surface area contributed by atoms with Crippen molar-refractivity contribution in [3.05, 3.63) is 73.0 Å². The molecule has 9 heteroatoms. The van der Waals surface area contributed by atoms with Crippen molar-refractivity contribution in [1.82, 2.24) is 19.3 Å². The van der Waals surface area contributed by atoms with Crippen molar-refractivity contribution < 1.29 is 18.0 Å². The number of carbonyl (C=O) groups is 1. The monoisotopic (exact) mass is 451 g/mol. The zero-order valence-electron chi connectivity index (χ0n) is 17.5. The average Bonchev–Trinajstić information content (AvgIpc) is 3.39. The van der Waals surface area contributed by atoms with Gasteiger partial charge >= 0.3 is 6.18 Å². The van der Waals surface area contributed by atoms with Gasteiger partial charge in [-0.25, -0.2) is 0 Å². The van der Waals surface area contributed by atoms with Crippen molar-refractivity contribution in [2.24, 2.45) is 0 Å². The van der Waals surface area contributed by atoms with E-state index in [0.29, 0.717) is 22.6 Å². The molecule has 0 bridgehead atoms. The summed E-state index contributed by atoms with van der Waals surface area (Å²) in [7, 11) is 0. The van der Waals surface area contributed by atoms with Gasteiger partial charge in [-0.15, -0.1) is 0 Å². The molecule has 168 valence electrons. The normalized spacial score (nSPS) is 14.3. The number of hydrogen-bond donors (Lipinski definition) is 1. The second kappa shape index (κ2) is 8.23. The molecule has 6 nitrogen and oxygen atoms in total. The highest BCUT2D eigenvalue weighted by Crippen LogP contribution is 2.35. The molecule has 0 aliphatic heterocycles. The van der Waals surface area contributed by atoms with E-state index in [1.54, 1.807) is 42.7 Å². The summed E-state index contributed by atoms with van der Waals surface area (Å²) in [4.78, 5) is 16.6. The van der Waals surface area contributed by atoms with Gasteiger partial charge in [0.2, 0.25) is 5.91 Å². The number of pyridine rings is 1. The third-order valence-electron chi connectivity index (χ3n) is 5.49. The van der Waals surface area contributed by atoms with Gasteiger partial charge in [-0.1, -0.05) is 0 Å². The third kappa shape index (κ3) is 4.82. The van der Waals surface area contributed by atoms with E-state index in [0.717, 1.165) is 34.1 Å². The lowest BCUT2D eigenvalue weighted by molar-refractivity contribution is -0.139. The zero-order valence-corrected chi connectivity index (χ0v) is 17.5. The maximum absolute atomic E-state index is 12.7. The van der Waals surface area contributed by atoms with Crippen LogP contribution in [0.4, 0.5) is 18.9 Å². The number of benzene rings is 1. The molecular weight excluding hydrogens is 431 g/mol. The first-order valence-corrected chi connectivity index (χ1v) is 10.5. The number of fused-ring (bicyclic) bond motifs is 1. The smallest absolute Gasteiger partial charge is 0.338 e. The summed E-state index contributed by atoms with van der Waals surface area (Å²) in [6.45, 7) is -1.06. The van der Waals surface area contributed by atoms with E-state index >= 15 is 0 Å². The molecule has 0 spiro atoms. The van der Waals surface area contributed by atoms with Gasteiger partial charge in [0, 0.05) is 58.6 Å². The SMILES string of the molecule is O=C(C=Cc1cnccc1-c1cnn(C2CC2)c1)Nc1ccc2c(ccn2CC(F)(F)F)c1. The summed E-state index contributed by atoms with van der Waals surface area (Å²) >= 11 is 0. The van der Waals surface area contributed by atoms with Gasteiger partial charge in [-0.2, -0.15) is 18.3 Å². The number of amides is 1. The van der Waals surface area contributed by atoms with Crippen LogP contribution < -0.4 is 5.32 Å². The van der Waals surface area contributed by atoms with Gasteiger partial charge in [-0.3, -0.25) is 14.5 Å². The van der Waals surface area contributed by atoms with Crippen LogP contribution in [0.1, 0.15) is 24.4 Å². The highest BCUT2D eigenvalue weighted by atomic mass is 19.4. The van der Waals surface area contributed by atoms with Crippen LogP contribution in [0, 0.1) is 0 Å². The second-order valence-electron chi connectivity index (χ2n) is 8.06. The van der Waals surface area contributed by atoms with Crippen LogP contribution in [0.2, 0.25) is 0 Å². The predicted octanol–water partition coefficient (Wildman–Crippen LogP) is 5.45. The number of hydrogen-bond acceptors (Lipinski definition) is 3. The van der Waals surface area contributed by atoms with E-state index in [9.17, 15) is 18.0 Å². The van der Waals surface area contributed by atoms with E-state index in [4.69, 9.17) is 0 Å². The van der Waals surface area contributed by atoms with E-state index in [1.807, 2.05) is 23.1 Å². The number of carbonyl (C=O) groups excluding carboxylic acids is 1. The molecule has 0 atom stereocenters. The van der Waals surface area contributed by atoms with Crippen LogP contribution in [0.15, 0.2) is 67.4 Å². The average molecular weight is 451 g/mol. The molecular formula is C24H20F3N5O. The topological polar surface area (TPSA) is 64.7 Å². The molecule has 1 amide bonds. The Hall–Kier alpha value is -3.88. The summed E-state index contributed by atoms with van der Waals surface area (Å²) in [5.74, 6) is -0.354. The van der Waals surface area contributed by atoms with E-state index in [1.165, 1.54) is 12.3 Å². The zero-order chi connectivity index (χ0) is 23.0.